The van der Waals surface area contributed by atoms with Gasteiger partial charge in [-0.25, -0.2) is 0 Å². The summed E-state index contributed by atoms with van der Waals surface area (Å²) in [4.78, 5) is 28.6. The topological polar surface area (TPSA) is 59.1 Å². The number of methoxy groups -OCH3 is 1. The molecule has 0 spiro atoms. The van der Waals surface area contributed by atoms with Crippen molar-refractivity contribution in [1.29, 1.82) is 0 Å². The van der Waals surface area contributed by atoms with Crippen molar-refractivity contribution >= 4 is 17.5 Å². The van der Waals surface area contributed by atoms with Gasteiger partial charge in [-0.05, 0) is 50.1 Å². The first kappa shape index (κ1) is 19.7. The quantitative estimate of drug-likeness (QED) is 0.738. The molecule has 0 N–H and O–H groups in total. The second-order valence-electron chi connectivity index (χ2n) is 6.56. The number of benzene rings is 2. The average molecular weight is 382 g/mol. The standard InChI is InChI=1S/C22H26N2O4/c1-4-23(5-2)22(26)17-10-11-19(20(14-17)27-3)28-15-21(25)24-13-12-16-8-6-7-9-18(16)24/h6-11,14H,4-5,12-13,15H2,1-3H3. The fourth-order valence-electron chi connectivity index (χ4n) is 3.43. The summed E-state index contributed by atoms with van der Waals surface area (Å²) in [6.07, 6.45) is 0.855. The third-order valence-corrected chi connectivity index (χ3v) is 5.00. The van der Waals surface area contributed by atoms with E-state index in [0.29, 0.717) is 36.7 Å². The van der Waals surface area contributed by atoms with Crippen LogP contribution in [0.3, 0.4) is 0 Å². The number of ether oxygens (including phenoxy) is 2. The lowest BCUT2D eigenvalue weighted by Gasteiger charge is -2.20. The molecular formula is C22H26N2O4. The first-order chi connectivity index (χ1) is 13.6. The van der Waals surface area contributed by atoms with Gasteiger partial charge in [-0.2, -0.15) is 0 Å². The Morgan fingerprint density at radius 2 is 1.82 bits per heavy atom. The second kappa shape index (κ2) is 8.78. The Balaban J connectivity index is 1.69. The molecule has 6 heteroatoms. The van der Waals surface area contributed by atoms with Crippen LogP contribution in [0.1, 0.15) is 29.8 Å². The Morgan fingerprint density at radius 1 is 1.07 bits per heavy atom. The number of carbonyl (C=O) groups is 2. The number of fused-ring (bicyclic) bond motifs is 1. The minimum atomic E-state index is -0.102. The summed E-state index contributed by atoms with van der Waals surface area (Å²) in [5, 5.41) is 0. The number of anilines is 1. The average Bonchev–Trinajstić information content (AvgIpc) is 3.17. The van der Waals surface area contributed by atoms with E-state index in [-0.39, 0.29) is 18.4 Å². The number of hydrogen-bond donors (Lipinski definition) is 0. The van der Waals surface area contributed by atoms with Crippen molar-refractivity contribution < 1.29 is 19.1 Å². The summed E-state index contributed by atoms with van der Waals surface area (Å²) < 4.78 is 11.1. The monoisotopic (exact) mass is 382 g/mol. The van der Waals surface area contributed by atoms with Crippen LogP contribution in [0, 0.1) is 0 Å². The summed E-state index contributed by atoms with van der Waals surface area (Å²) in [6.45, 7) is 5.74. The van der Waals surface area contributed by atoms with Crippen molar-refractivity contribution in [2.24, 2.45) is 0 Å². The van der Waals surface area contributed by atoms with Gasteiger partial charge in [0, 0.05) is 30.9 Å². The van der Waals surface area contributed by atoms with E-state index in [0.717, 1.165) is 12.1 Å². The van der Waals surface area contributed by atoms with E-state index in [2.05, 4.69) is 0 Å². The zero-order valence-electron chi connectivity index (χ0n) is 16.6. The minimum absolute atomic E-state index is 0.0559. The van der Waals surface area contributed by atoms with E-state index in [9.17, 15) is 9.59 Å². The number of para-hydroxylation sites is 1. The molecule has 2 amide bonds. The van der Waals surface area contributed by atoms with Crippen molar-refractivity contribution in [2.45, 2.75) is 20.3 Å². The van der Waals surface area contributed by atoms with Crippen LogP contribution in [0.15, 0.2) is 42.5 Å². The second-order valence-corrected chi connectivity index (χ2v) is 6.56. The van der Waals surface area contributed by atoms with Gasteiger partial charge in [0.25, 0.3) is 11.8 Å². The van der Waals surface area contributed by atoms with Gasteiger partial charge in [0.2, 0.25) is 0 Å². The first-order valence-corrected chi connectivity index (χ1v) is 9.57. The van der Waals surface area contributed by atoms with E-state index in [4.69, 9.17) is 9.47 Å². The molecular weight excluding hydrogens is 356 g/mol. The van der Waals surface area contributed by atoms with Gasteiger partial charge < -0.3 is 19.3 Å². The van der Waals surface area contributed by atoms with Gasteiger partial charge >= 0.3 is 0 Å². The van der Waals surface area contributed by atoms with Crippen molar-refractivity contribution in [3.05, 3.63) is 53.6 Å². The van der Waals surface area contributed by atoms with Crippen LogP contribution in [-0.2, 0) is 11.2 Å². The maximum atomic E-state index is 12.6. The summed E-state index contributed by atoms with van der Waals surface area (Å²) in [7, 11) is 1.52. The van der Waals surface area contributed by atoms with E-state index in [1.807, 2.05) is 38.1 Å². The van der Waals surface area contributed by atoms with Crippen molar-refractivity contribution in [2.75, 3.05) is 38.3 Å². The Bertz CT molecular complexity index is 861. The lowest BCUT2D eigenvalue weighted by Crippen LogP contribution is -2.33. The van der Waals surface area contributed by atoms with Crippen LogP contribution in [0.4, 0.5) is 5.69 Å². The predicted molar refractivity (Wildman–Crippen MR) is 108 cm³/mol. The molecule has 0 radical (unpaired) electrons. The highest BCUT2D eigenvalue weighted by atomic mass is 16.5. The molecule has 0 fully saturated rings. The van der Waals surface area contributed by atoms with Crippen LogP contribution in [0.5, 0.6) is 11.5 Å². The molecule has 0 aromatic heterocycles. The SMILES string of the molecule is CCN(CC)C(=O)c1ccc(OCC(=O)N2CCc3ccccc32)c(OC)c1. The molecule has 6 nitrogen and oxygen atoms in total. The van der Waals surface area contributed by atoms with Gasteiger partial charge in [-0.3, -0.25) is 9.59 Å². The molecule has 28 heavy (non-hydrogen) atoms. The molecule has 2 aromatic rings. The van der Waals surface area contributed by atoms with Gasteiger partial charge in [0.15, 0.2) is 18.1 Å². The van der Waals surface area contributed by atoms with Gasteiger partial charge in [0.1, 0.15) is 0 Å². The highest BCUT2D eigenvalue weighted by molar-refractivity contribution is 5.97. The largest absolute Gasteiger partial charge is 0.493 e. The summed E-state index contributed by atoms with van der Waals surface area (Å²) >= 11 is 0. The zero-order valence-corrected chi connectivity index (χ0v) is 16.6. The highest BCUT2D eigenvalue weighted by Crippen LogP contribution is 2.30. The molecule has 1 aliphatic rings. The number of hydrogen-bond acceptors (Lipinski definition) is 4. The molecule has 1 heterocycles. The van der Waals surface area contributed by atoms with E-state index in [1.54, 1.807) is 28.0 Å². The normalized spacial score (nSPS) is 12.5. The molecule has 1 aliphatic heterocycles. The number of rotatable bonds is 7. The number of amides is 2. The molecule has 0 saturated heterocycles. The fourth-order valence-corrected chi connectivity index (χ4v) is 3.43. The third-order valence-electron chi connectivity index (χ3n) is 5.00. The molecule has 0 aliphatic carbocycles. The maximum Gasteiger partial charge on any atom is 0.264 e. The van der Waals surface area contributed by atoms with Crippen molar-refractivity contribution in [1.82, 2.24) is 4.90 Å². The summed E-state index contributed by atoms with van der Waals surface area (Å²) in [5.74, 6) is 0.724. The molecule has 148 valence electrons. The fraction of sp³-hybridized carbons (Fsp3) is 0.364. The van der Waals surface area contributed by atoms with Gasteiger partial charge in [0.05, 0.1) is 7.11 Å². The van der Waals surface area contributed by atoms with Crippen LogP contribution < -0.4 is 14.4 Å². The Morgan fingerprint density at radius 3 is 2.54 bits per heavy atom. The minimum Gasteiger partial charge on any atom is -0.493 e. The highest BCUT2D eigenvalue weighted by Gasteiger charge is 2.24. The smallest absolute Gasteiger partial charge is 0.264 e. The van der Waals surface area contributed by atoms with Crippen molar-refractivity contribution in [3.63, 3.8) is 0 Å². The van der Waals surface area contributed by atoms with E-state index < -0.39 is 0 Å². The van der Waals surface area contributed by atoms with Crippen molar-refractivity contribution in [3.8, 4) is 11.5 Å². The van der Waals surface area contributed by atoms with Crippen LogP contribution in [0.2, 0.25) is 0 Å². The van der Waals surface area contributed by atoms with Crippen LogP contribution >= 0.6 is 0 Å². The van der Waals surface area contributed by atoms with Crippen LogP contribution in [0.25, 0.3) is 0 Å². The Kier molecular flexibility index (Phi) is 6.19. The molecule has 0 unspecified atom stereocenters. The molecule has 3 rings (SSSR count). The zero-order chi connectivity index (χ0) is 20.1. The lowest BCUT2D eigenvalue weighted by atomic mass is 10.1. The van der Waals surface area contributed by atoms with Gasteiger partial charge in [-0.1, -0.05) is 18.2 Å². The maximum absolute atomic E-state index is 12.6. The lowest BCUT2D eigenvalue weighted by molar-refractivity contribution is -0.120. The molecule has 2 aromatic carbocycles. The van der Waals surface area contributed by atoms with Gasteiger partial charge in [-0.15, -0.1) is 0 Å². The third kappa shape index (κ3) is 3.96. The summed E-state index contributed by atoms with van der Waals surface area (Å²) in [6, 6.07) is 12.9. The Hall–Kier alpha value is -3.02. The van der Waals surface area contributed by atoms with E-state index >= 15 is 0 Å². The van der Waals surface area contributed by atoms with E-state index in [1.165, 1.54) is 12.7 Å². The molecule has 0 atom stereocenters. The Labute approximate surface area is 165 Å². The number of nitrogens with zero attached hydrogens (tertiary/aromatic N) is 2. The predicted octanol–water partition coefficient (Wildman–Crippen LogP) is 3.15. The van der Waals surface area contributed by atoms with Crippen LogP contribution in [-0.4, -0.2) is 50.1 Å². The number of carbonyl (C=O) groups excluding carboxylic acids is 2. The molecule has 0 saturated carbocycles. The molecule has 0 bridgehead atoms. The summed E-state index contributed by atoms with van der Waals surface area (Å²) in [5.41, 5.74) is 2.66. The first-order valence-electron chi connectivity index (χ1n) is 9.57.